The molecule has 1 aromatic carbocycles. The maximum absolute atomic E-state index is 12.8. The van der Waals surface area contributed by atoms with Gasteiger partial charge >= 0.3 is 5.97 Å². The number of carbonyl (C=O) groups excluding carboxylic acids is 2. The summed E-state index contributed by atoms with van der Waals surface area (Å²) < 4.78 is 37.1. The van der Waals surface area contributed by atoms with Crippen LogP contribution in [-0.4, -0.2) is 76.0 Å². The molecule has 1 saturated heterocycles. The number of halogens is 1. The van der Waals surface area contributed by atoms with E-state index in [1.807, 2.05) is 0 Å². The number of sulfonamides is 1. The number of ether oxygens (including phenoxy) is 2. The molecule has 1 heterocycles. The molecule has 0 saturated carbocycles. The summed E-state index contributed by atoms with van der Waals surface area (Å²) >= 11 is 6.05. The molecule has 8 nitrogen and oxygen atoms in total. The van der Waals surface area contributed by atoms with E-state index in [4.69, 9.17) is 21.1 Å². The van der Waals surface area contributed by atoms with Crippen LogP contribution in [0, 0.1) is 0 Å². The van der Waals surface area contributed by atoms with Crippen LogP contribution in [0.25, 0.3) is 0 Å². The maximum Gasteiger partial charge on any atom is 0.338 e. The summed E-state index contributed by atoms with van der Waals surface area (Å²) in [6.45, 7) is 2.45. The molecule has 1 aliphatic heterocycles. The fraction of sp³-hybridized carbons (Fsp3) is 0.500. The van der Waals surface area contributed by atoms with Gasteiger partial charge in [-0.2, -0.15) is 4.31 Å². The summed E-state index contributed by atoms with van der Waals surface area (Å²) in [4.78, 5) is 25.2. The SMILES string of the molecule is C[C@@H](OC(=O)c1ccc(Cl)c(S(=O)(=O)N2CCOCC2)c1)C(=O)N(C)C. The van der Waals surface area contributed by atoms with Crippen LogP contribution < -0.4 is 0 Å². The number of hydrogen-bond donors (Lipinski definition) is 0. The lowest BCUT2D eigenvalue weighted by molar-refractivity contribution is -0.137. The number of amides is 1. The van der Waals surface area contributed by atoms with Crippen molar-refractivity contribution in [2.24, 2.45) is 0 Å². The second-order valence-electron chi connectivity index (χ2n) is 5.94. The first kappa shape index (κ1) is 20.6. The molecule has 1 fully saturated rings. The maximum atomic E-state index is 12.8. The zero-order valence-corrected chi connectivity index (χ0v) is 16.3. The highest BCUT2D eigenvalue weighted by Gasteiger charge is 2.30. The van der Waals surface area contributed by atoms with Crippen molar-refractivity contribution in [1.29, 1.82) is 0 Å². The van der Waals surface area contributed by atoms with Gasteiger partial charge in [0.15, 0.2) is 6.10 Å². The van der Waals surface area contributed by atoms with Gasteiger partial charge in [0.2, 0.25) is 10.0 Å². The molecule has 144 valence electrons. The average molecular weight is 405 g/mol. The van der Waals surface area contributed by atoms with E-state index < -0.39 is 22.1 Å². The lowest BCUT2D eigenvalue weighted by Gasteiger charge is -2.26. The highest BCUT2D eigenvalue weighted by Crippen LogP contribution is 2.27. The third-order valence-electron chi connectivity index (χ3n) is 3.83. The van der Waals surface area contributed by atoms with E-state index in [9.17, 15) is 18.0 Å². The monoisotopic (exact) mass is 404 g/mol. The molecule has 0 N–H and O–H groups in total. The summed E-state index contributed by atoms with van der Waals surface area (Å²) in [6, 6.07) is 3.85. The van der Waals surface area contributed by atoms with Gasteiger partial charge in [-0.25, -0.2) is 13.2 Å². The predicted octanol–water partition coefficient (Wildman–Crippen LogP) is 0.994. The van der Waals surface area contributed by atoms with E-state index in [0.29, 0.717) is 13.2 Å². The van der Waals surface area contributed by atoms with E-state index in [2.05, 4.69) is 0 Å². The first-order chi connectivity index (χ1) is 12.1. The van der Waals surface area contributed by atoms with Crippen LogP contribution in [0.2, 0.25) is 5.02 Å². The standard InChI is InChI=1S/C16H21ClN2O6S/c1-11(15(20)18(2)3)25-16(21)12-4-5-13(17)14(10-12)26(22,23)19-6-8-24-9-7-19/h4-5,10-11H,6-9H2,1-3H3/t11-/m1/s1. The fourth-order valence-electron chi connectivity index (χ4n) is 2.40. The number of esters is 1. The Kier molecular flexibility index (Phi) is 6.62. The lowest BCUT2D eigenvalue weighted by atomic mass is 10.2. The molecule has 1 amide bonds. The summed E-state index contributed by atoms with van der Waals surface area (Å²) in [5.41, 5.74) is -0.000333. The summed E-state index contributed by atoms with van der Waals surface area (Å²) in [7, 11) is -0.781. The normalized spacial score (nSPS) is 16.8. The van der Waals surface area contributed by atoms with Crippen molar-refractivity contribution in [1.82, 2.24) is 9.21 Å². The number of hydrogen-bond acceptors (Lipinski definition) is 6. The van der Waals surface area contributed by atoms with Crippen LogP contribution in [0.5, 0.6) is 0 Å². The van der Waals surface area contributed by atoms with Gasteiger partial charge in [0, 0.05) is 27.2 Å². The smallest absolute Gasteiger partial charge is 0.338 e. The van der Waals surface area contributed by atoms with E-state index >= 15 is 0 Å². The highest BCUT2D eigenvalue weighted by atomic mass is 35.5. The van der Waals surface area contributed by atoms with Crippen molar-refractivity contribution in [2.75, 3.05) is 40.4 Å². The molecule has 0 spiro atoms. The second-order valence-corrected chi connectivity index (χ2v) is 8.26. The molecular weight excluding hydrogens is 384 g/mol. The number of likely N-dealkylation sites (N-methyl/N-ethyl adjacent to an activating group) is 1. The Morgan fingerprint density at radius 3 is 2.46 bits per heavy atom. The fourth-order valence-corrected chi connectivity index (χ4v) is 4.31. The van der Waals surface area contributed by atoms with Gasteiger partial charge < -0.3 is 14.4 Å². The number of morpholine rings is 1. The van der Waals surface area contributed by atoms with Gasteiger partial charge in [-0.05, 0) is 25.1 Å². The Balaban J connectivity index is 2.26. The van der Waals surface area contributed by atoms with Crippen molar-refractivity contribution < 1.29 is 27.5 Å². The molecule has 1 atom stereocenters. The molecule has 1 aromatic rings. The zero-order chi connectivity index (χ0) is 19.5. The van der Waals surface area contributed by atoms with Crippen molar-refractivity contribution in [2.45, 2.75) is 17.9 Å². The Hall–Kier alpha value is -1.68. The van der Waals surface area contributed by atoms with Crippen LogP contribution in [-0.2, 0) is 24.3 Å². The predicted molar refractivity (Wildman–Crippen MR) is 94.6 cm³/mol. The third-order valence-corrected chi connectivity index (χ3v) is 6.21. The Morgan fingerprint density at radius 1 is 1.27 bits per heavy atom. The number of carbonyl (C=O) groups is 2. The minimum absolute atomic E-state index is 0.000333. The van der Waals surface area contributed by atoms with Gasteiger partial charge in [0.05, 0.1) is 23.8 Å². The van der Waals surface area contributed by atoms with Crippen LogP contribution in [0.15, 0.2) is 23.1 Å². The minimum Gasteiger partial charge on any atom is -0.449 e. The lowest BCUT2D eigenvalue weighted by Crippen LogP contribution is -2.40. The summed E-state index contributed by atoms with van der Waals surface area (Å²) in [5, 5.41) is 0.00505. The Labute approximate surface area is 157 Å². The molecular formula is C16H21ClN2O6S. The van der Waals surface area contributed by atoms with Gasteiger partial charge in [-0.1, -0.05) is 11.6 Å². The van der Waals surface area contributed by atoms with Crippen molar-refractivity contribution >= 4 is 33.5 Å². The Bertz CT molecular complexity index is 790. The van der Waals surface area contributed by atoms with Gasteiger partial charge in [-0.15, -0.1) is 0 Å². The van der Waals surface area contributed by atoms with Crippen molar-refractivity contribution in [3.05, 3.63) is 28.8 Å². The van der Waals surface area contributed by atoms with Gasteiger partial charge in [0.1, 0.15) is 4.90 Å². The van der Waals surface area contributed by atoms with Gasteiger partial charge in [-0.3, -0.25) is 4.79 Å². The van der Waals surface area contributed by atoms with Crippen LogP contribution in [0.4, 0.5) is 0 Å². The molecule has 0 bridgehead atoms. The van der Waals surface area contributed by atoms with Crippen LogP contribution >= 0.6 is 11.6 Å². The first-order valence-electron chi connectivity index (χ1n) is 7.94. The Morgan fingerprint density at radius 2 is 1.88 bits per heavy atom. The van der Waals surface area contributed by atoms with Crippen molar-refractivity contribution in [3.8, 4) is 0 Å². The van der Waals surface area contributed by atoms with Gasteiger partial charge in [0.25, 0.3) is 5.91 Å². The molecule has 10 heteroatoms. The summed E-state index contributed by atoms with van der Waals surface area (Å²) in [5.74, 6) is -1.18. The quantitative estimate of drug-likeness (QED) is 0.679. The largest absolute Gasteiger partial charge is 0.449 e. The molecule has 0 radical (unpaired) electrons. The molecule has 0 aliphatic carbocycles. The second kappa shape index (κ2) is 8.34. The van der Waals surface area contributed by atoms with Crippen LogP contribution in [0.1, 0.15) is 17.3 Å². The van der Waals surface area contributed by atoms with Crippen LogP contribution in [0.3, 0.4) is 0 Å². The first-order valence-corrected chi connectivity index (χ1v) is 9.76. The minimum atomic E-state index is -3.87. The van der Waals surface area contributed by atoms with E-state index in [-0.39, 0.29) is 34.5 Å². The topological polar surface area (TPSA) is 93.2 Å². The third kappa shape index (κ3) is 4.53. The molecule has 26 heavy (non-hydrogen) atoms. The number of rotatable bonds is 5. The average Bonchev–Trinajstić information content (AvgIpc) is 2.61. The van der Waals surface area contributed by atoms with E-state index in [0.717, 1.165) is 0 Å². The molecule has 1 aliphatic rings. The number of benzene rings is 1. The summed E-state index contributed by atoms with van der Waals surface area (Å²) in [6.07, 6.45) is -0.993. The highest BCUT2D eigenvalue weighted by molar-refractivity contribution is 7.89. The number of nitrogens with zero attached hydrogens (tertiary/aromatic N) is 2. The molecule has 0 unspecified atom stereocenters. The molecule has 2 rings (SSSR count). The zero-order valence-electron chi connectivity index (χ0n) is 14.8. The van der Waals surface area contributed by atoms with E-state index in [1.54, 1.807) is 14.1 Å². The molecule has 0 aromatic heterocycles. The van der Waals surface area contributed by atoms with E-state index in [1.165, 1.54) is 34.3 Å². The van der Waals surface area contributed by atoms with Crippen molar-refractivity contribution in [3.63, 3.8) is 0 Å².